The molecule has 0 aromatic carbocycles. The standard InChI is InChI=1S/C42H68NO13P/c1-3-5-7-8-9-10-11-12-13-14-15-16-17-18-20-25-40(47)53-30-34(31-54-57(51,52)55-32-37(43)42(49)50)56-41(48)26-22-21-24-35-36(39(46)29-38(35)45)28-27-33(44)23-19-6-4-2/h5,7,9-10,12-13,15-16,21-22,27-28,33-39,44-46H,3-4,6,8,11,14,17-20,23-26,29-32,43H2,1-2H3,(H,49,50)(H,51,52)/b7-5-,10-9-,13-12-,16-15-,22-21-,28-27+/t33-,34-,35+,36-,37+,38+,39-/m1/s1. The fourth-order valence-electron chi connectivity index (χ4n) is 5.79. The van der Waals surface area contributed by atoms with Crippen LogP contribution in [0.2, 0.25) is 0 Å². The number of ether oxygens (including phenoxy) is 2. The van der Waals surface area contributed by atoms with Crippen LogP contribution in [0, 0.1) is 11.8 Å². The highest BCUT2D eigenvalue weighted by Gasteiger charge is 2.39. The minimum absolute atomic E-state index is 0.0994. The number of phosphoric ester groups is 1. The summed E-state index contributed by atoms with van der Waals surface area (Å²) in [5.74, 6) is -3.51. The molecule has 8 atom stereocenters. The third kappa shape index (κ3) is 26.4. The number of carboxylic acid groups (broad SMARTS) is 1. The second-order valence-electron chi connectivity index (χ2n) is 14.0. The molecule has 1 aliphatic rings. The molecular weight excluding hydrogens is 757 g/mol. The quantitative estimate of drug-likeness (QED) is 0.0183. The van der Waals surface area contributed by atoms with Crippen molar-refractivity contribution < 1.29 is 62.8 Å². The summed E-state index contributed by atoms with van der Waals surface area (Å²) < 4.78 is 32.5. The van der Waals surface area contributed by atoms with Crippen LogP contribution in [-0.4, -0.2) is 93.5 Å². The van der Waals surface area contributed by atoms with E-state index < -0.39 is 76.0 Å². The van der Waals surface area contributed by atoms with E-state index in [0.29, 0.717) is 19.3 Å². The zero-order valence-corrected chi connectivity index (χ0v) is 34.6. The van der Waals surface area contributed by atoms with E-state index in [1.165, 1.54) is 6.08 Å². The number of hydrogen-bond donors (Lipinski definition) is 6. The number of unbranched alkanes of at least 4 members (excludes halogenated alkanes) is 4. The highest BCUT2D eigenvalue weighted by Crippen LogP contribution is 2.43. The van der Waals surface area contributed by atoms with Crippen LogP contribution < -0.4 is 5.73 Å². The average Bonchev–Trinajstić information content (AvgIpc) is 3.44. The number of allylic oxidation sites excluding steroid dienone is 9. The number of phosphoric acid groups is 1. The number of carbonyl (C=O) groups is 3. The van der Waals surface area contributed by atoms with E-state index in [9.17, 15) is 39.2 Å². The van der Waals surface area contributed by atoms with Gasteiger partial charge >= 0.3 is 25.7 Å². The molecule has 0 bridgehead atoms. The first-order valence-corrected chi connectivity index (χ1v) is 21.7. The molecule has 1 rings (SSSR count). The van der Waals surface area contributed by atoms with Gasteiger partial charge in [0.05, 0.1) is 37.9 Å². The molecule has 1 aliphatic carbocycles. The summed E-state index contributed by atoms with van der Waals surface area (Å²) in [7, 11) is -4.82. The monoisotopic (exact) mass is 825 g/mol. The van der Waals surface area contributed by atoms with Crippen molar-refractivity contribution in [3.63, 3.8) is 0 Å². The number of esters is 2. The molecule has 1 saturated carbocycles. The molecule has 0 aliphatic heterocycles. The zero-order chi connectivity index (χ0) is 42.3. The number of nitrogens with two attached hydrogens (primary N) is 1. The summed E-state index contributed by atoms with van der Waals surface area (Å²) in [6.45, 7) is 2.17. The highest BCUT2D eigenvalue weighted by atomic mass is 31.2. The normalized spacial score (nSPS) is 21.7. The van der Waals surface area contributed by atoms with Gasteiger partial charge in [-0.3, -0.25) is 23.4 Å². The van der Waals surface area contributed by atoms with Gasteiger partial charge in [0, 0.05) is 18.8 Å². The zero-order valence-electron chi connectivity index (χ0n) is 33.7. The summed E-state index contributed by atoms with van der Waals surface area (Å²) in [6.07, 6.45) is 29.7. The predicted octanol–water partition coefficient (Wildman–Crippen LogP) is 6.54. The molecule has 324 valence electrons. The molecule has 0 aromatic heterocycles. The van der Waals surface area contributed by atoms with Crippen LogP contribution in [0.4, 0.5) is 0 Å². The van der Waals surface area contributed by atoms with Gasteiger partial charge in [-0.15, -0.1) is 0 Å². The van der Waals surface area contributed by atoms with Crippen molar-refractivity contribution in [1.82, 2.24) is 0 Å². The van der Waals surface area contributed by atoms with Gasteiger partial charge < -0.3 is 40.5 Å². The van der Waals surface area contributed by atoms with E-state index >= 15 is 0 Å². The third-order valence-corrected chi connectivity index (χ3v) is 9.99. The van der Waals surface area contributed by atoms with Crippen LogP contribution in [0.25, 0.3) is 0 Å². The first-order chi connectivity index (χ1) is 27.3. The van der Waals surface area contributed by atoms with Gasteiger partial charge in [-0.05, 0) is 63.7 Å². The van der Waals surface area contributed by atoms with Crippen LogP contribution >= 0.6 is 7.82 Å². The van der Waals surface area contributed by atoms with Gasteiger partial charge in [-0.25, -0.2) is 4.57 Å². The molecular formula is C42H68NO13P. The molecule has 15 heteroatoms. The second-order valence-corrected chi connectivity index (χ2v) is 15.5. The summed E-state index contributed by atoms with van der Waals surface area (Å²) >= 11 is 0. The van der Waals surface area contributed by atoms with Crippen LogP contribution in [-0.2, 0) is 37.5 Å². The summed E-state index contributed by atoms with van der Waals surface area (Å²) in [5, 5.41) is 40.2. The highest BCUT2D eigenvalue weighted by molar-refractivity contribution is 7.47. The molecule has 0 amide bonds. The number of aliphatic hydroxyl groups is 3. The molecule has 14 nitrogen and oxygen atoms in total. The lowest BCUT2D eigenvalue weighted by Gasteiger charge is -2.20. The van der Waals surface area contributed by atoms with Gasteiger partial charge in [-0.2, -0.15) is 0 Å². The molecule has 0 radical (unpaired) electrons. The van der Waals surface area contributed by atoms with Crippen LogP contribution in [0.3, 0.4) is 0 Å². The molecule has 1 unspecified atom stereocenters. The lowest BCUT2D eigenvalue weighted by Crippen LogP contribution is -2.34. The van der Waals surface area contributed by atoms with E-state index in [1.807, 2.05) is 0 Å². The number of carbonyl (C=O) groups excluding carboxylic acids is 2. The molecule has 7 N–H and O–H groups in total. The first kappa shape index (κ1) is 51.8. The van der Waals surface area contributed by atoms with Crippen molar-refractivity contribution in [2.45, 2.75) is 141 Å². The molecule has 1 fully saturated rings. The lowest BCUT2D eigenvalue weighted by atomic mass is 9.89. The number of hydrogen-bond acceptors (Lipinski definition) is 12. The third-order valence-electron chi connectivity index (χ3n) is 9.04. The minimum atomic E-state index is -4.82. The maximum atomic E-state index is 12.7. The van der Waals surface area contributed by atoms with Crippen molar-refractivity contribution in [2.75, 3.05) is 19.8 Å². The Hall–Kier alpha value is -3.20. The van der Waals surface area contributed by atoms with Gasteiger partial charge in [0.1, 0.15) is 12.6 Å². The number of aliphatic hydroxyl groups excluding tert-OH is 3. The molecule has 0 spiro atoms. The Kier molecular flexibility index (Phi) is 28.9. The fourth-order valence-corrected chi connectivity index (χ4v) is 6.57. The van der Waals surface area contributed by atoms with Crippen LogP contribution in [0.5, 0.6) is 0 Å². The van der Waals surface area contributed by atoms with Crippen molar-refractivity contribution in [2.24, 2.45) is 17.6 Å². The Morgan fingerprint density at radius 3 is 2.11 bits per heavy atom. The Bertz CT molecular complexity index is 1360. The van der Waals surface area contributed by atoms with Crippen molar-refractivity contribution in [1.29, 1.82) is 0 Å². The predicted molar refractivity (Wildman–Crippen MR) is 219 cm³/mol. The molecule has 0 aromatic rings. The SMILES string of the molecule is CC/C=C\C/C=C\C/C=C\C/C=C\CCCCC(=O)OC[C@H](COP(=O)(O)OC[C@H](N)C(=O)O)OC(=O)C/C=C\C[C@H]1[C@@H](/C=C/[C@H](O)CCCCC)[C@H](O)C[C@@H]1O. The van der Waals surface area contributed by atoms with Crippen molar-refractivity contribution >= 4 is 25.7 Å². The Morgan fingerprint density at radius 1 is 0.807 bits per heavy atom. The smallest absolute Gasteiger partial charge is 0.472 e. The van der Waals surface area contributed by atoms with E-state index in [2.05, 4.69) is 67.0 Å². The number of aliphatic carboxylic acids is 1. The van der Waals surface area contributed by atoms with E-state index in [4.69, 9.17) is 24.8 Å². The van der Waals surface area contributed by atoms with Crippen LogP contribution in [0.1, 0.15) is 110 Å². The minimum Gasteiger partial charge on any atom is -0.480 e. The summed E-state index contributed by atoms with van der Waals surface area (Å²) in [5.41, 5.74) is 5.31. The number of rotatable bonds is 32. The van der Waals surface area contributed by atoms with Gasteiger partial charge in [0.25, 0.3) is 0 Å². The van der Waals surface area contributed by atoms with Gasteiger partial charge in [-0.1, -0.05) is 106 Å². The lowest BCUT2D eigenvalue weighted by molar-refractivity contribution is -0.160. The Labute approximate surface area is 338 Å². The summed E-state index contributed by atoms with van der Waals surface area (Å²) in [4.78, 5) is 46.1. The number of carboxylic acids is 1. The maximum absolute atomic E-state index is 12.7. The molecule has 57 heavy (non-hydrogen) atoms. The fraction of sp³-hybridized carbons (Fsp3) is 0.643. The molecule has 0 saturated heterocycles. The average molecular weight is 826 g/mol. The van der Waals surface area contributed by atoms with E-state index in [1.54, 1.807) is 18.2 Å². The van der Waals surface area contributed by atoms with Gasteiger partial charge in [0.2, 0.25) is 0 Å². The largest absolute Gasteiger partial charge is 0.480 e. The summed E-state index contributed by atoms with van der Waals surface area (Å²) in [6, 6.07) is -1.58. The van der Waals surface area contributed by atoms with Crippen LogP contribution in [0.15, 0.2) is 72.9 Å². The molecule has 0 heterocycles. The first-order valence-electron chi connectivity index (χ1n) is 20.2. The van der Waals surface area contributed by atoms with E-state index in [-0.39, 0.29) is 31.1 Å². The van der Waals surface area contributed by atoms with E-state index in [0.717, 1.165) is 57.8 Å². The van der Waals surface area contributed by atoms with Crippen molar-refractivity contribution in [3.8, 4) is 0 Å². The topological polar surface area (TPSA) is 232 Å². The van der Waals surface area contributed by atoms with Gasteiger partial charge in [0.15, 0.2) is 6.10 Å². The van der Waals surface area contributed by atoms with Crippen molar-refractivity contribution in [3.05, 3.63) is 72.9 Å². The second kappa shape index (κ2) is 31.7. The maximum Gasteiger partial charge on any atom is 0.472 e. The Morgan fingerprint density at radius 2 is 1.46 bits per heavy atom. The Balaban J connectivity index is 2.64.